The quantitative estimate of drug-likeness (QED) is 0.696. The smallest absolute Gasteiger partial charge is 0.123 e. The van der Waals surface area contributed by atoms with E-state index in [9.17, 15) is 4.39 Å². The van der Waals surface area contributed by atoms with Crippen molar-refractivity contribution in [2.45, 2.75) is 12.5 Å². The third-order valence-corrected chi connectivity index (χ3v) is 1.69. The van der Waals surface area contributed by atoms with Crippen molar-refractivity contribution in [3.05, 3.63) is 35.6 Å². The molecule has 0 saturated carbocycles. The van der Waals surface area contributed by atoms with E-state index in [1.807, 2.05) is 6.07 Å². The Balaban J connectivity index is 2.63. The zero-order valence-electron chi connectivity index (χ0n) is 6.83. The van der Waals surface area contributed by atoms with E-state index in [4.69, 9.17) is 11.5 Å². The molecule has 1 aromatic rings. The van der Waals surface area contributed by atoms with Gasteiger partial charge < -0.3 is 11.5 Å². The van der Waals surface area contributed by atoms with Crippen LogP contribution in [0.3, 0.4) is 0 Å². The van der Waals surface area contributed by atoms with Crippen molar-refractivity contribution in [3.8, 4) is 0 Å². The molecule has 0 fully saturated rings. The summed E-state index contributed by atoms with van der Waals surface area (Å²) >= 11 is 0. The molecule has 0 heterocycles. The molecule has 66 valence electrons. The zero-order chi connectivity index (χ0) is 8.97. The first-order valence-corrected chi connectivity index (χ1v) is 3.92. The largest absolute Gasteiger partial charge is 0.329 e. The summed E-state index contributed by atoms with van der Waals surface area (Å²) in [5.41, 5.74) is 11.8. The van der Waals surface area contributed by atoms with E-state index >= 15 is 0 Å². The van der Waals surface area contributed by atoms with Crippen LogP contribution in [0.15, 0.2) is 24.3 Å². The van der Waals surface area contributed by atoms with Gasteiger partial charge >= 0.3 is 0 Å². The molecule has 0 radical (unpaired) electrons. The molecule has 1 aromatic carbocycles. The first kappa shape index (κ1) is 9.16. The van der Waals surface area contributed by atoms with Gasteiger partial charge in [-0.1, -0.05) is 12.1 Å². The van der Waals surface area contributed by atoms with Crippen molar-refractivity contribution in [2.24, 2.45) is 11.5 Å². The van der Waals surface area contributed by atoms with Gasteiger partial charge in [0.15, 0.2) is 0 Å². The van der Waals surface area contributed by atoms with Crippen LogP contribution in [0.2, 0.25) is 0 Å². The number of halogens is 1. The summed E-state index contributed by atoms with van der Waals surface area (Å²) in [6.07, 6.45) is 0.633. The van der Waals surface area contributed by atoms with Gasteiger partial charge in [0.25, 0.3) is 0 Å². The normalized spacial score (nSPS) is 12.9. The van der Waals surface area contributed by atoms with Crippen LogP contribution >= 0.6 is 0 Å². The molecule has 0 aromatic heterocycles. The fourth-order valence-electron chi connectivity index (χ4n) is 1.05. The van der Waals surface area contributed by atoms with Crippen molar-refractivity contribution >= 4 is 0 Å². The second kappa shape index (κ2) is 4.18. The molecule has 0 bridgehead atoms. The van der Waals surface area contributed by atoms with Crippen LogP contribution in [0.4, 0.5) is 4.39 Å². The molecule has 3 heteroatoms. The van der Waals surface area contributed by atoms with Crippen LogP contribution in [-0.2, 0) is 6.42 Å². The maximum Gasteiger partial charge on any atom is 0.123 e. The summed E-state index contributed by atoms with van der Waals surface area (Å²) in [7, 11) is 0. The number of rotatable bonds is 3. The molecule has 0 amide bonds. The summed E-state index contributed by atoms with van der Waals surface area (Å²) in [5.74, 6) is -0.225. The molecule has 1 unspecified atom stereocenters. The second-order valence-corrected chi connectivity index (χ2v) is 2.83. The van der Waals surface area contributed by atoms with Crippen molar-refractivity contribution in [1.29, 1.82) is 0 Å². The summed E-state index contributed by atoms with van der Waals surface area (Å²) in [6.45, 7) is 0.427. The first-order valence-electron chi connectivity index (χ1n) is 3.92. The Hall–Kier alpha value is -0.930. The SMILES string of the molecule is NCC(N)Cc1cccc(F)c1. The maximum atomic E-state index is 12.6. The van der Waals surface area contributed by atoms with Crippen molar-refractivity contribution in [1.82, 2.24) is 0 Å². The van der Waals surface area contributed by atoms with E-state index in [1.165, 1.54) is 12.1 Å². The van der Waals surface area contributed by atoms with Crippen molar-refractivity contribution in [3.63, 3.8) is 0 Å². The summed E-state index contributed by atoms with van der Waals surface area (Å²) in [4.78, 5) is 0. The highest BCUT2D eigenvalue weighted by molar-refractivity contribution is 5.17. The van der Waals surface area contributed by atoms with Crippen LogP contribution in [0.1, 0.15) is 5.56 Å². The lowest BCUT2D eigenvalue weighted by Crippen LogP contribution is -2.31. The highest BCUT2D eigenvalue weighted by Crippen LogP contribution is 2.04. The molecule has 0 aliphatic carbocycles. The summed E-state index contributed by atoms with van der Waals surface area (Å²) in [6, 6.07) is 6.34. The van der Waals surface area contributed by atoms with Gasteiger partial charge in [-0.2, -0.15) is 0 Å². The molecule has 0 spiro atoms. The van der Waals surface area contributed by atoms with Gasteiger partial charge in [0.05, 0.1) is 0 Å². The van der Waals surface area contributed by atoms with Crippen molar-refractivity contribution < 1.29 is 4.39 Å². The first-order chi connectivity index (χ1) is 5.72. The number of benzene rings is 1. The molecule has 1 atom stereocenters. The number of hydrogen-bond donors (Lipinski definition) is 2. The Morgan fingerprint density at radius 1 is 1.42 bits per heavy atom. The molecule has 0 aliphatic heterocycles. The molecular formula is C9H13FN2. The highest BCUT2D eigenvalue weighted by atomic mass is 19.1. The van der Waals surface area contributed by atoms with Crippen LogP contribution in [-0.4, -0.2) is 12.6 Å². The van der Waals surface area contributed by atoms with Gasteiger partial charge in [-0.15, -0.1) is 0 Å². The third kappa shape index (κ3) is 2.60. The maximum absolute atomic E-state index is 12.6. The molecule has 1 rings (SSSR count). The fraction of sp³-hybridized carbons (Fsp3) is 0.333. The van der Waals surface area contributed by atoms with Gasteiger partial charge in [-0.3, -0.25) is 0 Å². The fourth-order valence-corrected chi connectivity index (χ4v) is 1.05. The predicted molar refractivity (Wildman–Crippen MR) is 47.1 cm³/mol. The van der Waals surface area contributed by atoms with E-state index in [0.29, 0.717) is 13.0 Å². The second-order valence-electron chi connectivity index (χ2n) is 2.83. The van der Waals surface area contributed by atoms with Gasteiger partial charge in [0.1, 0.15) is 5.82 Å². The van der Waals surface area contributed by atoms with Crippen LogP contribution in [0, 0.1) is 5.82 Å². The lowest BCUT2D eigenvalue weighted by Gasteiger charge is -2.07. The van der Waals surface area contributed by atoms with Gasteiger partial charge in [0.2, 0.25) is 0 Å². The summed E-state index contributed by atoms with van der Waals surface area (Å²) in [5, 5.41) is 0. The molecule has 12 heavy (non-hydrogen) atoms. The molecular weight excluding hydrogens is 155 g/mol. The van der Waals surface area contributed by atoms with E-state index < -0.39 is 0 Å². The minimum atomic E-state index is -0.225. The minimum absolute atomic E-state index is 0.0770. The predicted octanol–water partition coefficient (Wildman–Crippen LogP) is 0.654. The van der Waals surface area contributed by atoms with Crippen LogP contribution < -0.4 is 11.5 Å². The van der Waals surface area contributed by atoms with Crippen molar-refractivity contribution in [2.75, 3.05) is 6.54 Å². The standard InChI is InChI=1S/C9H13FN2/c10-8-3-1-2-7(4-8)5-9(12)6-11/h1-4,9H,5-6,11-12H2. The van der Waals surface area contributed by atoms with E-state index in [2.05, 4.69) is 0 Å². The van der Waals surface area contributed by atoms with E-state index in [-0.39, 0.29) is 11.9 Å². The lowest BCUT2D eigenvalue weighted by molar-refractivity contribution is 0.620. The Morgan fingerprint density at radius 3 is 2.75 bits per heavy atom. The van der Waals surface area contributed by atoms with Gasteiger partial charge in [-0.05, 0) is 24.1 Å². The number of nitrogens with two attached hydrogens (primary N) is 2. The monoisotopic (exact) mass is 168 g/mol. The average molecular weight is 168 g/mol. The topological polar surface area (TPSA) is 52.0 Å². The third-order valence-electron chi connectivity index (χ3n) is 1.69. The van der Waals surface area contributed by atoms with E-state index in [1.54, 1.807) is 6.07 Å². The Morgan fingerprint density at radius 2 is 2.17 bits per heavy atom. The minimum Gasteiger partial charge on any atom is -0.329 e. The molecule has 4 N–H and O–H groups in total. The van der Waals surface area contributed by atoms with Crippen LogP contribution in [0.5, 0.6) is 0 Å². The molecule has 0 saturated heterocycles. The number of hydrogen-bond acceptors (Lipinski definition) is 2. The zero-order valence-corrected chi connectivity index (χ0v) is 6.83. The average Bonchev–Trinajstić information content (AvgIpc) is 2.04. The van der Waals surface area contributed by atoms with E-state index in [0.717, 1.165) is 5.56 Å². The Bertz CT molecular complexity index is 250. The van der Waals surface area contributed by atoms with Gasteiger partial charge in [0, 0.05) is 12.6 Å². The van der Waals surface area contributed by atoms with Gasteiger partial charge in [-0.25, -0.2) is 4.39 Å². The van der Waals surface area contributed by atoms with Crippen LogP contribution in [0.25, 0.3) is 0 Å². The lowest BCUT2D eigenvalue weighted by atomic mass is 10.1. The molecule has 0 aliphatic rings. The molecule has 2 nitrogen and oxygen atoms in total. The summed E-state index contributed by atoms with van der Waals surface area (Å²) < 4.78 is 12.6. The Labute approximate surface area is 71.4 Å². The Kier molecular flexibility index (Phi) is 3.19. The highest BCUT2D eigenvalue weighted by Gasteiger charge is 2.01.